The summed E-state index contributed by atoms with van der Waals surface area (Å²) in [5.41, 5.74) is 0.912. The zero-order chi connectivity index (χ0) is 28.6. The second-order valence-corrected chi connectivity index (χ2v) is 9.95. The maximum Gasteiger partial charge on any atom is 0.416 e. The molecule has 0 aliphatic carbocycles. The van der Waals surface area contributed by atoms with Gasteiger partial charge in [-0.3, -0.25) is 9.36 Å². The van der Waals surface area contributed by atoms with E-state index in [1.54, 1.807) is 38.1 Å². The molecule has 0 saturated carbocycles. The molecule has 208 valence electrons. The van der Waals surface area contributed by atoms with E-state index in [0.29, 0.717) is 29.1 Å². The van der Waals surface area contributed by atoms with Gasteiger partial charge in [0.1, 0.15) is 12.1 Å². The first-order chi connectivity index (χ1) is 19.0. The fourth-order valence-electron chi connectivity index (χ4n) is 4.52. The van der Waals surface area contributed by atoms with Gasteiger partial charge in [-0.05, 0) is 69.7 Å². The zero-order valence-corrected chi connectivity index (χ0v) is 22.0. The molecule has 12 heteroatoms. The van der Waals surface area contributed by atoms with Crippen LogP contribution in [0.4, 0.5) is 23.7 Å². The van der Waals surface area contributed by atoms with Crippen molar-refractivity contribution in [3.05, 3.63) is 77.4 Å². The Morgan fingerprint density at radius 2 is 1.93 bits per heavy atom. The van der Waals surface area contributed by atoms with E-state index in [1.165, 1.54) is 23.2 Å². The summed E-state index contributed by atoms with van der Waals surface area (Å²) in [5, 5.41) is 9.07. The number of nitrogens with zero attached hydrogens (tertiary/aromatic N) is 3. The number of halogens is 3. The number of carbonyl (C=O) groups excluding carboxylic acids is 2. The number of hydrogen-bond acceptors (Lipinski definition) is 6. The Hall–Kier alpha value is -4.45. The van der Waals surface area contributed by atoms with Gasteiger partial charge in [0.15, 0.2) is 0 Å². The maximum absolute atomic E-state index is 13.5. The molecule has 2 aromatic carbocycles. The molecule has 2 amide bonds. The van der Waals surface area contributed by atoms with E-state index in [4.69, 9.17) is 4.74 Å². The lowest BCUT2D eigenvalue weighted by Gasteiger charge is -2.23. The number of carbonyl (C=O) groups is 2. The minimum atomic E-state index is -4.71. The smallest absolute Gasteiger partial charge is 0.416 e. The molecule has 0 saturated heterocycles. The quantitative estimate of drug-likeness (QED) is 0.302. The van der Waals surface area contributed by atoms with Gasteiger partial charge < -0.3 is 20.7 Å². The molecule has 0 fully saturated rings. The van der Waals surface area contributed by atoms with Crippen molar-refractivity contribution in [2.45, 2.75) is 52.0 Å². The summed E-state index contributed by atoms with van der Waals surface area (Å²) in [5.74, 6) is 0.305. The number of hydrogen-bond donors (Lipinski definition) is 3. The molecule has 3 heterocycles. The molecule has 1 aliphatic rings. The largest absolute Gasteiger partial charge is 0.439 e. The van der Waals surface area contributed by atoms with Crippen LogP contribution in [0.1, 0.15) is 48.0 Å². The van der Waals surface area contributed by atoms with Crippen molar-refractivity contribution >= 4 is 28.5 Å². The monoisotopic (exact) mass is 552 g/mol. The highest BCUT2D eigenvalue weighted by molar-refractivity contribution is 6.00. The first-order valence-corrected chi connectivity index (χ1v) is 12.7. The zero-order valence-electron chi connectivity index (χ0n) is 22.0. The normalized spacial score (nSPS) is 15.1. The molecule has 1 unspecified atom stereocenters. The van der Waals surface area contributed by atoms with E-state index >= 15 is 0 Å². The van der Waals surface area contributed by atoms with Crippen molar-refractivity contribution in [3.63, 3.8) is 0 Å². The predicted molar refractivity (Wildman–Crippen MR) is 143 cm³/mol. The highest BCUT2D eigenvalue weighted by Gasteiger charge is 2.32. The highest BCUT2D eigenvalue weighted by atomic mass is 19.4. The van der Waals surface area contributed by atoms with Gasteiger partial charge in [-0.1, -0.05) is 0 Å². The summed E-state index contributed by atoms with van der Waals surface area (Å²) in [7, 11) is 0. The van der Waals surface area contributed by atoms with Crippen LogP contribution < -0.4 is 20.7 Å². The van der Waals surface area contributed by atoms with Crippen molar-refractivity contribution in [2.75, 3.05) is 5.32 Å². The molecule has 40 heavy (non-hydrogen) atoms. The Morgan fingerprint density at radius 1 is 1.12 bits per heavy atom. The standard InChI is InChI=1S/C28H27F3N6O3/c1-15(2)35-25(38)18-9-19(28(29,30)31)12-20(10-18)36-27(39)37-7-6-17-11-21(4-5-24(17)37)40-26-22-8-16(3)32-13-23(22)33-14-34-26/h4-7,9-12,14-16,32H,8,13H2,1-3H3,(H,35,38)(H,36,39). The molecule has 0 spiro atoms. The number of ether oxygens (including phenoxy) is 1. The Labute approximate surface area is 227 Å². The number of anilines is 1. The van der Waals surface area contributed by atoms with Crippen LogP contribution in [0.2, 0.25) is 0 Å². The van der Waals surface area contributed by atoms with E-state index in [0.717, 1.165) is 29.8 Å². The Morgan fingerprint density at radius 3 is 2.67 bits per heavy atom. The SMILES string of the molecule is CC(C)NC(=O)c1cc(NC(=O)n2ccc3cc(Oc4ncnc5c4CC(C)NC5)ccc32)cc(C(F)(F)F)c1. The first-order valence-electron chi connectivity index (χ1n) is 12.7. The van der Waals surface area contributed by atoms with Crippen LogP contribution >= 0.6 is 0 Å². The lowest BCUT2D eigenvalue weighted by molar-refractivity contribution is -0.137. The number of benzene rings is 2. The molecule has 3 N–H and O–H groups in total. The van der Waals surface area contributed by atoms with Gasteiger partial charge in [-0.15, -0.1) is 0 Å². The average molecular weight is 553 g/mol. The Kier molecular flexibility index (Phi) is 7.19. The van der Waals surface area contributed by atoms with Gasteiger partial charge in [-0.2, -0.15) is 13.2 Å². The molecule has 0 bridgehead atoms. The number of aromatic nitrogens is 3. The second-order valence-electron chi connectivity index (χ2n) is 9.95. The summed E-state index contributed by atoms with van der Waals surface area (Å²) < 4.78 is 47.9. The van der Waals surface area contributed by atoms with Crippen LogP contribution in [-0.4, -0.2) is 38.6 Å². The highest BCUT2D eigenvalue weighted by Crippen LogP contribution is 2.33. The molecule has 1 atom stereocenters. The molecule has 2 aromatic heterocycles. The van der Waals surface area contributed by atoms with Gasteiger partial charge in [-0.25, -0.2) is 14.8 Å². The molecular formula is C28H27F3N6O3. The van der Waals surface area contributed by atoms with Crippen molar-refractivity contribution in [1.29, 1.82) is 0 Å². The van der Waals surface area contributed by atoms with Gasteiger partial charge in [0, 0.05) is 47.0 Å². The van der Waals surface area contributed by atoms with E-state index in [1.807, 2.05) is 0 Å². The molecular weight excluding hydrogens is 525 g/mol. The third kappa shape index (κ3) is 5.76. The third-order valence-corrected chi connectivity index (χ3v) is 6.41. The van der Waals surface area contributed by atoms with Gasteiger partial charge in [0.2, 0.25) is 5.88 Å². The topological polar surface area (TPSA) is 110 Å². The van der Waals surface area contributed by atoms with Gasteiger partial charge in [0.05, 0.1) is 16.8 Å². The second kappa shape index (κ2) is 10.6. The third-order valence-electron chi connectivity index (χ3n) is 6.41. The first kappa shape index (κ1) is 27.1. The molecule has 4 aromatic rings. The van der Waals surface area contributed by atoms with Crippen molar-refractivity contribution in [2.24, 2.45) is 0 Å². The average Bonchev–Trinajstić information content (AvgIpc) is 3.31. The van der Waals surface area contributed by atoms with Crippen LogP contribution in [-0.2, 0) is 19.1 Å². The Balaban J connectivity index is 1.39. The van der Waals surface area contributed by atoms with E-state index in [-0.39, 0.29) is 23.3 Å². The minimum Gasteiger partial charge on any atom is -0.439 e. The van der Waals surface area contributed by atoms with Crippen molar-refractivity contribution < 1.29 is 27.5 Å². The van der Waals surface area contributed by atoms with E-state index < -0.39 is 23.7 Å². The molecule has 9 nitrogen and oxygen atoms in total. The van der Waals surface area contributed by atoms with Crippen LogP contribution in [0, 0.1) is 0 Å². The molecule has 1 aliphatic heterocycles. The van der Waals surface area contributed by atoms with Crippen LogP contribution in [0.25, 0.3) is 10.9 Å². The number of amides is 2. The summed E-state index contributed by atoms with van der Waals surface area (Å²) >= 11 is 0. The van der Waals surface area contributed by atoms with E-state index in [2.05, 4.69) is 32.8 Å². The van der Waals surface area contributed by atoms with E-state index in [9.17, 15) is 22.8 Å². The van der Waals surface area contributed by atoms with Crippen LogP contribution in [0.15, 0.2) is 55.0 Å². The van der Waals surface area contributed by atoms with Crippen molar-refractivity contribution in [3.8, 4) is 11.6 Å². The Bertz CT molecular complexity index is 1600. The number of fused-ring (bicyclic) bond motifs is 2. The fraction of sp³-hybridized carbons (Fsp3) is 0.286. The predicted octanol–water partition coefficient (Wildman–Crippen LogP) is 5.50. The molecule has 5 rings (SSSR count). The lowest BCUT2D eigenvalue weighted by Crippen LogP contribution is -2.33. The number of rotatable bonds is 5. The summed E-state index contributed by atoms with van der Waals surface area (Å²) in [6.07, 6.45) is -1.02. The van der Waals surface area contributed by atoms with Crippen LogP contribution in [0.5, 0.6) is 11.6 Å². The lowest BCUT2D eigenvalue weighted by atomic mass is 10.0. The number of alkyl halides is 3. The summed E-state index contributed by atoms with van der Waals surface area (Å²) in [4.78, 5) is 34.1. The van der Waals surface area contributed by atoms with Gasteiger partial charge in [0.25, 0.3) is 5.91 Å². The summed E-state index contributed by atoms with van der Waals surface area (Å²) in [6.45, 7) is 6.09. The van der Waals surface area contributed by atoms with Crippen molar-refractivity contribution in [1.82, 2.24) is 25.2 Å². The van der Waals surface area contributed by atoms with Crippen LogP contribution in [0.3, 0.4) is 0 Å². The summed E-state index contributed by atoms with van der Waals surface area (Å²) in [6, 6.07) is 8.85. The van der Waals surface area contributed by atoms with Gasteiger partial charge >= 0.3 is 12.2 Å². The fourth-order valence-corrected chi connectivity index (χ4v) is 4.52. The number of nitrogens with one attached hydrogen (secondary N) is 3. The maximum atomic E-state index is 13.5. The molecule has 0 radical (unpaired) electrons. The minimum absolute atomic E-state index is 0.159.